The number of rotatable bonds is 5. The molecule has 7 nitrogen and oxygen atoms in total. The van der Waals surface area contributed by atoms with Gasteiger partial charge in [-0.2, -0.15) is 15.5 Å². The highest BCUT2D eigenvalue weighted by molar-refractivity contribution is 5.89. The zero-order valence-electron chi connectivity index (χ0n) is 15.6. The van der Waals surface area contributed by atoms with Crippen LogP contribution in [0.5, 0.6) is 5.88 Å². The highest BCUT2D eigenvalue weighted by Gasteiger charge is 2.21. The van der Waals surface area contributed by atoms with Crippen LogP contribution in [0.4, 0.5) is 11.5 Å². The number of nitriles is 2. The molecule has 7 heteroatoms. The molecular weight excluding hydrogens is 366 g/mol. The number of aromatic nitrogens is 1. The van der Waals surface area contributed by atoms with Gasteiger partial charge in [-0.1, -0.05) is 42.5 Å². The summed E-state index contributed by atoms with van der Waals surface area (Å²) >= 11 is 0. The molecule has 3 rings (SSSR count). The number of nitrogens with zero attached hydrogens (tertiary/aromatic N) is 3. The zero-order valence-corrected chi connectivity index (χ0v) is 15.6. The molecule has 1 aromatic heterocycles. The van der Waals surface area contributed by atoms with Gasteiger partial charge in [-0.3, -0.25) is 4.79 Å². The molecule has 0 saturated heterocycles. The van der Waals surface area contributed by atoms with Crippen LogP contribution in [-0.4, -0.2) is 10.9 Å². The normalized spacial score (nSPS) is 9.90. The molecule has 0 spiro atoms. The summed E-state index contributed by atoms with van der Waals surface area (Å²) in [7, 11) is 0. The molecular formula is C22H17N5O2. The van der Waals surface area contributed by atoms with E-state index in [0.29, 0.717) is 16.8 Å². The van der Waals surface area contributed by atoms with Crippen molar-refractivity contribution in [3.8, 4) is 29.1 Å². The number of nitrogens with two attached hydrogens (primary N) is 1. The molecule has 2 aromatic carbocycles. The Morgan fingerprint density at radius 3 is 2.31 bits per heavy atom. The average molecular weight is 383 g/mol. The molecule has 0 aliphatic heterocycles. The van der Waals surface area contributed by atoms with Gasteiger partial charge >= 0.3 is 0 Å². The number of nitrogen functional groups attached to an aromatic ring is 1. The van der Waals surface area contributed by atoms with Crippen molar-refractivity contribution in [2.24, 2.45) is 0 Å². The van der Waals surface area contributed by atoms with Crippen LogP contribution in [0.2, 0.25) is 0 Å². The Bertz CT molecular complexity index is 1130. The second kappa shape index (κ2) is 8.55. The standard InChI is InChI=1S/C22H17N5O2/c1-14(28)26-17-9-7-16(8-10-17)20-18(11-23)21(25)27-22(19(20)12-24)29-13-15-5-3-2-4-6-15/h2-10H,13H2,1H3,(H2,25,27)(H,26,28). The lowest BCUT2D eigenvalue weighted by Gasteiger charge is -2.14. The predicted molar refractivity (Wildman–Crippen MR) is 109 cm³/mol. The van der Waals surface area contributed by atoms with Crippen molar-refractivity contribution in [2.75, 3.05) is 11.1 Å². The predicted octanol–water partition coefficient (Wildman–Crippen LogP) is 3.61. The molecule has 0 bridgehead atoms. The van der Waals surface area contributed by atoms with Gasteiger partial charge in [0.15, 0.2) is 0 Å². The van der Waals surface area contributed by atoms with Crippen LogP contribution < -0.4 is 15.8 Å². The molecule has 0 fully saturated rings. The van der Waals surface area contributed by atoms with Gasteiger partial charge in [-0.05, 0) is 23.3 Å². The van der Waals surface area contributed by atoms with E-state index < -0.39 is 0 Å². The van der Waals surface area contributed by atoms with Gasteiger partial charge in [0.2, 0.25) is 11.8 Å². The number of ether oxygens (including phenoxy) is 1. The van der Waals surface area contributed by atoms with Gasteiger partial charge in [0.1, 0.15) is 35.7 Å². The van der Waals surface area contributed by atoms with Crippen LogP contribution in [-0.2, 0) is 11.4 Å². The van der Waals surface area contributed by atoms with Crippen LogP contribution in [0.15, 0.2) is 54.6 Å². The maximum atomic E-state index is 11.2. The summed E-state index contributed by atoms with van der Waals surface area (Å²) in [5, 5.41) is 22.0. The van der Waals surface area contributed by atoms with E-state index in [4.69, 9.17) is 10.5 Å². The van der Waals surface area contributed by atoms with E-state index >= 15 is 0 Å². The third kappa shape index (κ3) is 4.32. The van der Waals surface area contributed by atoms with E-state index in [-0.39, 0.29) is 35.3 Å². The number of anilines is 2. The topological polar surface area (TPSA) is 125 Å². The van der Waals surface area contributed by atoms with Gasteiger partial charge in [-0.15, -0.1) is 0 Å². The molecule has 0 aliphatic carbocycles. The molecule has 29 heavy (non-hydrogen) atoms. The quantitative estimate of drug-likeness (QED) is 0.693. The van der Waals surface area contributed by atoms with Gasteiger partial charge in [-0.25, -0.2) is 0 Å². The fourth-order valence-corrected chi connectivity index (χ4v) is 2.84. The number of carbonyl (C=O) groups excluding carboxylic acids is 1. The van der Waals surface area contributed by atoms with E-state index in [9.17, 15) is 15.3 Å². The molecule has 1 amide bonds. The molecule has 3 aromatic rings. The molecule has 3 N–H and O–H groups in total. The number of amides is 1. The number of nitrogens with one attached hydrogen (secondary N) is 1. The van der Waals surface area contributed by atoms with Gasteiger partial charge in [0, 0.05) is 18.2 Å². The fraction of sp³-hybridized carbons (Fsp3) is 0.0909. The second-order valence-corrected chi connectivity index (χ2v) is 6.18. The lowest BCUT2D eigenvalue weighted by molar-refractivity contribution is -0.114. The smallest absolute Gasteiger partial charge is 0.234 e. The van der Waals surface area contributed by atoms with Gasteiger partial charge in [0.25, 0.3) is 0 Å². The maximum absolute atomic E-state index is 11.2. The van der Waals surface area contributed by atoms with Crippen molar-refractivity contribution in [3.63, 3.8) is 0 Å². The SMILES string of the molecule is CC(=O)Nc1ccc(-c2c(C#N)c(N)nc(OCc3ccccc3)c2C#N)cc1. The summed E-state index contributed by atoms with van der Waals surface area (Å²) in [6.07, 6.45) is 0. The Morgan fingerprint density at radius 2 is 1.72 bits per heavy atom. The summed E-state index contributed by atoms with van der Waals surface area (Å²) < 4.78 is 5.75. The number of pyridine rings is 1. The molecule has 0 atom stereocenters. The molecule has 0 aliphatic rings. The summed E-state index contributed by atoms with van der Waals surface area (Å²) in [4.78, 5) is 15.3. The van der Waals surface area contributed by atoms with Crippen LogP contribution in [0.1, 0.15) is 23.6 Å². The highest BCUT2D eigenvalue weighted by Crippen LogP contribution is 2.35. The largest absolute Gasteiger partial charge is 0.472 e. The van der Waals surface area contributed by atoms with E-state index in [1.807, 2.05) is 36.4 Å². The van der Waals surface area contributed by atoms with Crippen LogP contribution >= 0.6 is 0 Å². The lowest BCUT2D eigenvalue weighted by atomic mass is 9.96. The Kier molecular flexibility index (Phi) is 5.72. The zero-order chi connectivity index (χ0) is 20.8. The van der Waals surface area contributed by atoms with E-state index in [0.717, 1.165) is 5.56 Å². The minimum atomic E-state index is -0.196. The van der Waals surface area contributed by atoms with Crippen molar-refractivity contribution in [1.29, 1.82) is 10.5 Å². The van der Waals surface area contributed by atoms with Crippen molar-refractivity contribution >= 4 is 17.4 Å². The first-order chi connectivity index (χ1) is 14.0. The summed E-state index contributed by atoms with van der Waals surface area (Å²) in [6, 6.07) is 20.3. The van der Waals surface area contributed by atoms with Crippen molar-refractivity contribution < 1.29 is 9.53 Å². The van der Waals surface area contributed by atoms with Crippen molar-refractivity contribution in [2.45, 2.75) is 13.5 Å². The monoisotopic (exact) mass is 383 g/mol. The summed E-state index contributed by atoms with van der Waals surface area (Å²) in [6.45, 7) is 1.62. The van der Waals surface area contributed by atoms with E-state index in [2.05, 4.69) is 16.4 Å². The number of hydrogen-bond donors (Lipinski definition) is 2. The van der Waals surface area contributed by atoms with Crippen molar-refractivity contribution in [1.82, 2.24) is 4.98 Å². The van der Waals surface area contributed by atoms with Crippen LogP contribution in [0, 0.1) is 22.7 Å². The number of carbonyl (C=O) groups is 1. The first kappa shape index (κ1) is 19.4. The fourth-order valence-electron chi connectivity index (χ4n) is 2.84. The minimum absolute atomic E-state index is 0.0181. The maximum Gasteiger partial charge on any atom is 0.234 e. The first-order valence-electron chi connectivity index (χ1n) is 8.72. The molecule has 0 radical (unpaired) electrons. The Labute approximate surface area is 168 Å². The molecule has 1 heterocycles. The van der Waals surface area contributed by atoms with E-state index in [1.165, 1.54) is 6.92 Å². The third-order valence-electron chi connectivity index (χ3n) is 4.13. The average Bonchev–Trinajstić information content (AvgIpc) is 2.72. The van der Waals surface area contributed by atoms with Crippen LogP contribution in [0.3, 0.4) is 0 Å². The Hall–Kier alpha value is -4.36. The van der Waals surface area contributed by atoms with Gasteiger partial charge in [0.05, 0.1) is 0 Å². The number of benzene rings is 2. The van der Waals surface area contributed by atoms with Crippen molar-refractivity contribution in [3.05, 3.63) is 71.3 Å². The third-order valence-corrected chi connectivity index (χ3v) is 4.13. The molecule has 0 unspecified atom stereocenters. The second-order valence-electron chi connectivity index (χ2n) is 6.18. The summed E-state index contributed by atoms with van der Waals surface area (Å²) in [5.41, 5.74) is 8.64. The van der Waals surface area contributed by atoms with E-state index in [1.54, 1.807) is 24.3 Å². The van der Waals surface area contributed by atoms with Crippen LogP contribution in [0.25, 0.3) is 11.1 Å². The lowest BCUT2D eigenvalue weighted by Crippen LogP contribution is -2.07. The molecule has 0 saturated carbocycles. The first-order valence-corrected chi connectivity index (χ1v) is 8.72. The minimum Gasteiger partial charge on any atom is -0.472 e. The highest BCUT2D eigenvalue weighted by atomic mass is 16.5. The Morgan fingerprint density at radius 1 is 1.07 bits per heavy atom. The van der Waals surface area contributed by atoms with Gasteiger partial charge < -0.3 is 15.8 Å². The number of hydrogen-bond acceptors (Lipinski definition) is 6. The molecule has 142 valence electrons. The Balaban J connectivity index is 2.05. The summed E-state index contributed by atoms with van der Waals surface area (Å²) in [5.74, 6) is -0.151.